The maximum atomic E-state index is 13.3. The van der Waals surface area contributed by atoms with Gasteiger partial charge in [0, 0.05) is 12.1 Å². The average molecular weight is 289 g/mol. The fourth-order valence-corrected chi connectivity index (χ4v) is 1.24. The van der Waals surface area contributed by atoms with Gasteiger partial charge in [0.2, 0.25) is 11.7 Å². The van der Waals surface area contributed by atoms with Gasteiger partial charge in [-0.05, 0) is 0 Å². The van der Waals surface area contributed by atoms with Gasteiger partial charge in [-0.25, -0.2) is 4.39 Å². The molecule has 0 spiro atoms. The molecule has 0 fully saturated rings. The number of hydrogen-bond donors (Lipinski definition) is 3. The lowest BCUT2D eigenvalue weighted by atomic mass is 10.1. The Balaban J connectivity index is 2.96. The molecule has 8 nitrogen and oxygen atoms in total. The Morgan fingerprint density at radius 1 is 1.40 bits per heavy atom. The summed E-state index contributed by atoms with van der Waals surface area (Å²) in [6, 6.07) is 0.605. The highest BCUT2D eigenvalue weighted by molar-refractivity contribution is 5.95. The molecule has 1 unspecified atom stereocenters. The largest absolute Gasteiger partial charge is 0.381 e. The van der Waals surface area contributed by atoms with E-state index in [1.807, 2.05) is 5.32 Å². The summed E-state index contributed by atoms with van der Waals surface area (Å²) in [5, 5.41) is 21.4. The van der Waals surface area contributed by atoms with Gasteiger partial charge in [-0.15, -0.1) is 0 Å². The Hall–Kier alpha value is -2.62. The maximum Gasteiger partial charge on any atom is 0.305 e. The smallest absolute Gasteiger partial charge is 0.305 e. The molecule has 1 rings (SSSR count). The van der Waals surface area contributed by atoms with Crippen LogP contribution < -0.4 is 11.1 Å². The van der Waals surface area contributed by atoms with E-state index in [9.17, 15) is 28.5 Å². The lowest BCUT2D eigenvalue weighted by Crippen LogP contribution is -2.40. The minimum absolute atomic E-state index is 0.192. The van der Waals surface area contributed by atoms with Crippen molar-refractivity contribution in [2.24, 2.45) is 5.73 Å². The number of nitrogens with one attached hydrogen (secondary N) is 1. The number of nitro groups is 1. The van der Waals surface area contributed by atoms with Gasteiger partial charge in [0.25, 0.3) is 5.91 Å². The number of rotatable bonds is 5. The third kappa shape index (κ3) is 3.45. The molecule has 0 heterocycles. The third-order valence-electron chi connectivity index (χ3n) is 2.26. The molecule has 2 amide bonds. The van der Waals surface area contributed by atoms with Crippen LogP contribution in [0, 0.1) is 21.7 Å². The Labute approximate surface area is 110 Å². The fraction of sp³-hybridized carbons (Fsp3) is 0.200. The van der Waals surface area contributed by atoms with E-state index in [1.54, 1.807) is 0 Å². The molecule has 4 N–H and O–H groups in total. The van der Waals surface area contributed by atoms with Crippen LogP contribution in [0.3, 0.4) is 0 Å². The van der Waals surface area contributed by atoms with E-state index in [1.165, 1.54) is 0 Å². The number of nitro benzene ring substituents is 1. The predicted molar refractivity (Wildman–Crippen MR) is 60.5 cm³/mol. The highest BCUT2D eigenvalue weighted by atomic mass is 19.1. The van der Waals surface area contributed by atoms with Crippen molar-refractivity contribution in [3.63, 3.8) is 0 Å². The van der Waals surface area contributed by atoms with Gasteiger partial charge < -0.3 is 16.2 Å². The molecule has 10 heteroatoms. The molecule has 0 aliphatic heterocycles. The van der Waals surface area contributed by atoms with E-state index in [-0.39, 0.29) is 6.07 Å². The first-order valence-electron chi connectivity index (χ1n) is 5.13. The van der Waals surface area contributed by atoms with Crippen molar-refractivity contribution in [3.8, 4) is 0 Å². The van der Waals surface area contributed by atoms with Crippen molar-refractivity contribution in [2.75, 3.05) is 6.54 Å². The zero-order valence-electron chi connectivity index (χ0n) is 9.80. The summed E-state index contributed by atoms with van der Waals surface area (Å²) in [5.41, 5.74) is 2.85. The minimum atomic E-state index is -1.70. The molecule has 1 aromatic rings. The van der Waals surface area contributed by atoms with Crippen LogP contribution in [0.4, 0.5) is 14.5 Å². The van der Waals surface area contributed by atoms with E-state index in [0.29, 0.717) is 6.07 Å². The van der Waals surface area contributed by atoms with Crippen LogP contribution in [0.2, 0.25) is 0 Å². The maximum absolute atomic E-state index is 13.3. The molecule has 0 saturated heterocycles. The van der Waals surface area contributed by atoms with Gasteiger partial charge >= 0.3 is 5.69 Å². The SMILES string of the molecule is NC(=O)C(O)CNC(=O)c1cc([N+](=O)[O-])c(F)cc1F. The molecule has 0 aromatic heterocycles. The summed E-state index contributed by atoms with van der Waals surface area (Å²) in [7, 11) is 0. The van der Waals surface area contributed by atoms with Gasteiger partial charge in [-0.3, -0.25) is 19.7 Å². The fourth-order valence-electron chi connectivity index (χ4n) is 1.24. The van der Waals surface area contributed by atoms with Crippen LogP contribution in [0.5, 0.6) is 0 Å². The van der Waals surface area contributed by atoms with Crippen LogP contribution in [-0.2, 0) is 4.79 Å². The molecule has 0 aliphatic carbocycles. The normalized spacial score (nSPS) is 11.8. The second-order valence-electron chi connectivity index (χ2n) is 3.67. The number of nitrogens with two attached hydrogens (primary N) is 1. The zero-order valence-corrected chi connectivity index (χ0v) is 9.80. The first-order valence-corrected chi connectivity index (χ1v) is 5.13. The van der Waals surface area contributed by atoms with E-state index in [4.69, 9.17) is 10.8 Å². The van der Waals surface area contributed by atoms with E-state index in [2.05, 4.69) is 0 Å². The number of hydrogen-bond acceptors (Lipinski definition) is 5. The molecular formula is C10H9F2N3O5. The molecule has 0 aliphatic rings. The monoisotopic (exact) mass is 289 g/mol. The molecule has 20 heavy (non-hydrogen) atoms. The second kappa shape index (κ2) is 6.02. The van der Waals surface area contributed by atoms with Crippen molar-refractivity contribution in [2.45, 2.75) is 6.10 Å². The number of aliphatic hydroxyl groups is 1. The number of carbonyl (C=O) groups excluding carboxylic acids is 2. The van der Waals surface area contributed by atoms with Crippen LogP contribution in [0.1, 0.15) is 10.4 Å². The number of benzene rings is 1. The lowest BCUT2D eigenvalue weighted by molar-refractivity contribution is -0.387. The number of aliphatic hydroxyl groups excluding tert-OH is 1. The topological polar surface area (TPSA) is 136 Å². The number of nitrogens with zero attached hydrogens (tertiary/aromatic N) is 1. The lowest BCUT2D eigenvalue weighted by Gasteiger charge is -2.09. The summed E-state index contributed by atoms with van der Waals surface area (Å²) in [4.78, 5) is 31.4. The van der Waals surface area contributed by atoms with Gasteiger partial charge in [-0.1, -0.05) is 0 Å². The molecule has 0 radical (unpaired) electrons. The number of carbonyl (C=O) groups is 2. The van der Waals surface area contributed by atoms with Crippen molar-refractivity contribution >= 4 is 17.5 Å². The van der Waals surface area contributed by atoms with Crippen LogP contribution in [-0.4, -0.2) is 34.5 Å². The highest BCUT2D eigenvalue weighted by Crippen LogP contribution is 2.21. The molecule has 0 bridgehead atoms. The Bertz CT molecular complexity index is 578. The van der Waals surface area contributed by atoms with Gasteiger partial charge in [0.05, 0.1) is 17.0 Å². The first-order chi connectivity index (χ1) is 9.23. The van der Waals surface area contributed by atoms with Crippen LogP contribution >= 0.6 is 0 Å². The van der Waals surface area contributed by atoms with Gasteiger partial charge in [-0.2, -0.15) is 4.39 Å². The molecule has 1 aromatic carbocycles. The van der Waals surface area contributed by atoms with Gasteiger partial charge in [0.1, 0.15) is 11.9 Å². The van der Waals surface area contributed by atoms with Crippen LogP contribution in [0.15, 0.2) is 12.1 Å². The average Bonchev–Trinajstić information content (AvgIpc) is 2.34. The van der Waals surface area contributed by atoms with E-state index >= 15 is 0 Å². The molecular weight excluding hydrogens is 280 g/mol. The summed E-state index contributed by atoms with van der Waals surface area (Å²) >= 11 is 0. The standard InChI is InChI=1S/C10H9F2N3O5/c11-5-2-6(12)7(15(19)20)1-4(5)10(18)14-3-8(16)9(13)17/h1-2,8,16H,3H2,(H2,13,17)(H,14,18). The van der Waals surface area contributed by atoms with Crippen molar-refractivity contribution < 1.29 is 28.4 Å². The quantitative estimate of drug-likeness (QED) is 0.493. The van der Waals surface area contributed by atoms with E-state index in [0.717, 1.165) is 0 Å². The Kier molecular flexibility index (Phi) is 4.64. The summed E-state index contributed by atoms with van der Waals surface area (Å²) in [6.07, 6.45) is -1.70. The first kappa shape index (κ1) is 15.4. The third-order valence-corrected chi connectivity index (χ3v) is 2.26. The van der Waals surface area contributed by atoms with Gasteiger partial charge in [0.15, 0.2) is 0 Å². The van der Waals surface area contributed by atoms with Crippen molar-refractivity contribution in [1.82, 2.24) is 5.32 Å². The van der Waals surface area contributed by atoms with Crippen molar-refractivity contribution in [3.05, 3.63) is 39.4 Å². The highest BCUT2D eigenvalue weighted by Gasteiger charge is 2.23. The zero-order chi connectivity index (χ0) is 15.4. The van der Waals surface area contributed by atoms with Crippen LogP contribution in [0.25, 0.3) is 0 Å². The second-order valence-corrected chi connectivity index (χ2v) is 3.67. The molecule has 108 valence electrons. The minimum Gasteiger partial charge on any atom is -0.381 e. The van der Waals surface area contributed by atoms with E-state index < -0.39 is 52.3 Å². The Morgan fingerprint density at radius 2 is 2.00 bits per heavy atom. The molecule has 0 saturated carbocycles. The number of primary amides is 1. The van der Waals surface area contributed by atoms with Crippen molar-refractivity contribution in [1.29, 1.82) is 0 Å². The summed E-state index contributed by atoms with van der Waals surface area (Å²) in [5.74, 6) is -5.03. The number of amides is 2. The Morgan fingerprint density at radius 3 is 2.50 bits per heavy atom. The number of halogens is 2. The summed E-state index contributed by atoms with van der Waals surface area (Å²) in [6.45, 7) is -0.612. The molecule has 1 atom stereocenters. The predicted octanol–water partition coefficient (Wildman–Crippen LogP) is -0.551. The summed E-state index contributed by atoms with van der Waals surface area (Å²) < 4.78 is 26.4.